The summed E-state index contributed by atoms with van der Waals surface area (Å²) in [5, 5.41) is 20.0. The molecule has 0 bridgehead atoms. The molecule has 0 saturated carbocycles. The van der Waals surface area contributed by atoms with Gasteiger partial charge in [-0.05, 0) is 24.1 Å². The zero-order valence-electron chi connectivity index (χ0n) is 7.84. The van der Waals surface area contributed by atoms with Gasteiger partial charge in [-0.3, -0.25) is 10.1 Å². The second-order valence-electron chi connectivity index (χ2n) is 2.96. The molecule has 0 aliphatic rings. The number of nitrogens with zero attached hydrogens (tertiary/aromatic N) is 1. The van der Waals surface area contributed by atoms with Crippen molar-refractivity contribution in [2.45, 2.75) is 12.5 Å². The van der Waals surface area contributed by atoms with Gasteiger partial charge in [-0.25, -0.2) is 0 Å². The lowest BCUT2D eigenvalue weighted by molar-refractivity contribution is -0.384. The molecule has 0 aliphatic heterocycles. The van der Waals surface area contributed by atoms with Crippen LogP contribution in [0.5, 0.6) is 0 Å². The quantitative estimate of drug-likeness (QED) is 0.635. The van der Waals surface area contributed by atoms with E-state index in [9.17, 15) is 15.2 Å². The van der Waals surface area contributed by atoms with E-state index in [1.807, 2.05) is 0 Å². The Bertz CT molecular complexity index is 361. The van der Waals surface area contributed by atoms with E-state index < -0.39 is 11.0 Å². The van der Waals surface area contributed by atoms with E-state index in [4.69, 9.17) is 11.6 Å². The highest BCUT2D eigenvalue weighted by molar-refractivity contribution is 6.25. The topological polar surface area (TPSA) is 63.4 Å². The van der Waals surface area contributed by atoms with Crippen LogP contribution in [0.4, 0.5) is 5.69 Å². The van der Waals surface area contributed by atoms with E-state index in [0.717, 1.165) is 0 Å². The normalized spacial score (nSPS) is 12.9. The Morgan fingerprint density at radius 1 is 1.47 bits per heavy atom. The molecular weight excluding hydrogens is 218 g/mol. The van der Waals surface area contributed by atoms with Gasteiger partial charge in [-0.2, -0.15) is 0 Å². The molecule has 1 rings (SSSR count). The van der Waals surface area contributed by atoms with Gasteiger partial charge in [0, 0.05) is 17.7 Å². The van der Waals surface area contributed by atoms with Crippen LogP contribution < -0.4 is 0 Å². The lowest BCUT2D eigenvalue weighted by Gasteiger charge is -2.07. The second-order valence-corrected chi connectivity index (χ2v) is 3.21. The van der Waals surface area contributed by atoms with Crippen LogP contribution in [0.2, 0.25) is 0 Å². The lowest BCUT2D eigenvalue weighted by Crippen LogP contribution is -1.96. The number of hydrogen-bond acceptors (Lipinski definition) is 3. The molecule has 80 valence electrons. The molecule has 15 heavy (non-hydrogen) atoms. The van der Waals surface area contributed by atoms with Crippen LogP contribution in [0.25, 0.3) is 0 Å². The summed E-state index contributed by atoms with van der Waals surface area (Å²) in [7, 11) is 0. The molecule has 0 aromatic heterocycles. The Morgan fingerprint density at radius 2 is 2.07 bits per heavy atom. The first-order valence-corrected chi connectivity index (χ1v) is 4.76. The zero-order valence-corrected chi connectivity index (χ0v) is 8.59. The number of nitro groups is 1. The van der Waals surface area contributed by atoms with E-state index in [2.05, 4.69) is 0 Å². The van der Waals surface area contributed by atoms with E-state index in [-0.39, 0.29) is 5.69 Å². The number of aliphatic hydroxyl groups is 1. The van der Waals surface area contributed by atoms with Gasteiger partial charge < -0.3 is 5.11 Å². The summed E-state index contributed by atoms with van der Waals surface area (Å²) in [5.41, 5.74) is 1.98. The van der Waals surface area contributed by atoms with Crippen molar-refractivity contribution in [1.29, 1.82) is 0 Å². The number of non-ortho nitro benzene ring substituents is 1. The summed E-state index contributed by atoms with van der Waals surface area (Å²) >= 11 is 5.32. The molecule has 0 fully saturated rings. The van der Waals surface area contributed by atoms with Crippen LogP contribution in [0.1, 0.15) is 18.1 Å². The standard InChI is InChI=1S/C10H10ClNO3/c11-7-1-2-10(13)8-3-5-9(6-4-8)12(14)15/h1,3-7,10,13H,2H2/b7-1+/t10-/m0/s1. The van der Waals surface area contributed by atoms with Crippen molar-refractivity contribution in [2.75, 3.05) is 0 Å². The molecule has 1 atom stereocenters. The fraction of sp³-hybridized carbons (Fsp3) is 0.200. The van der Waals surface area contributed by atoms with Gasteiger partial charge in [0.2, 0.25) is 0 Å². The zero-order chi connectivity index (χ0) is 11.3. The van der Waals surface area contributed by atoms with Crippen LogP contribution in [0.15, 0.2) is 35.9 Å². The van der Waals surface area contributed by atoms with Crippen LogP contribution >= 0.6 is 11.6 Å². The van der Waals surface area contributed by atoms with Crippen molar-refractivity contribution in [3.63, 3.8) is 0 Å². The average molecular weight is 228 g/mol. The largest absolute Gasteiger partial charge is 0.388 e. The number of nitro benzene ring substituents is 1. The molecule has 0 heterocycles. The number of rotatable bonds is 4. The first-order valence-electron chi connectivity index (χ1n) is 4.33. The maximum absolute atomic E-state index is 10.4. The Morgan fingerprint density at radius 3 is 2.53 bits per heavy atom. The average Bonchev–Trinajstić information content (AvgIpc) is 2.26. The highest BCUT2D eigenvalue weighted by Gasteiger charge is 2.08. The van der Waals surface area contributed by atoms with Crippen LogP contribution in [-0.2, 0) is 0 Å². The molecule has 0 unspecified atom stereocenters. The van der Waals surface area contributed by atoms with Gasteiger partial charge >= 0.3 is 0 Å². The van der Waals surface area contributed by atoms with Gasteiger partial charge in [0.1, 0.15) is 0 Å². The maximum Gasteiger partial charge on any atom is 0.269 e. The van der Waals surface area contributed by atoms with Crippen molar-refractivity contribution in [1.82, 2.24) is 0 Å². The molecule has 0 saturated heterocycles. The summed E-state index contributed by atoms with van der Waals surface area (Å²) in [6.45, 7) is 0. The third kappa shape index (κ3) is 3.34. The summed E-state index contributed by atoms with van der Waals surface area (Å²) in [5.74, 6) is 0. The predicted octanol–water partition coefficient (Wildman–Crippen LogP) is 2.77. The number of benzene rings is 1. The fourth-order valence-corrected chi connectivity index (χ4v) is 1.24. The Labute approximate surface area is 92.0 Å². The van der Waals surface area contributed by atoms with Crippen molar-refractivity contribution >= 4 is 17.3 Å². The Balaban J connectivity index is 2.75. The summed E-state index contributed by atoms with van der Waals surface area (Å²) < 4.78 is 0. The van der Waals surface area contributed by atoms with Gasteiger partial charge in [0.05, 0.1) is 11.0 Å². The van der Waals surface area contributed by atoms with E-state index in [0.29, 0.717) is 12.0 Å². The molecule has 0 aliphatic carbocycles. The first-order chi connectivity index (χ1) is 7.15. The molecule has 4 nitrogen and oxygen atoms in total. The minimum atomic E-state index is -0.680. The molecule has 1 aromatic carbocycles. The lowest BCUT2D eigenvalue weighted by atomic mass is 10.1. The molecule has 1 aromatic rings. The molecule has 0 amide bonds. The third-order valence-electron chi connectivity index (χ3n) is 1.94. The van der Waals surface area contributed by atoms with Gasteiger partial charge in [-0.15, -0.1) is 0 Å². The van der Waals surface area contributed by atoms with Crippen molar-refractivity contribution in [2.24, 2.45) is 0 Å². The highest BCUT2D eigenvalue weighted by Crippen LogP contribution is 2.20. The van der Waals surface area contributed by atoms with Crippen molar-refractivity contribution < 1.29 is 10.0 Å². The SMILES string of the molecule is O=[N+]([O-])c1ccc([C@@H](O)C/C=C/Cl)cc1. The molecular formula is C10H10ClNO3. The van der Waals surface area contributed by atoms with E-state index in [1.165, 1.54) is 29.8 Å². The van der Waals surface area contributed by atoms with E-state index >= 15 is 0 Å². The number of aliphatic hydroxyl groups excluding tert-OH is 1. The predicted molar refractivity (Wildman–Crippen MR) is 57.7 cm³/mol. The summed E-state index contributed by atoms with van der Waals surface area (Å²) in [6, 6.07) is 5.79. The van der Waals surface area contributed by atoms with Gasteiger partial charge in [-0.1, -0.05) is 17.7 Å². The number of halogens is 1. The Kier molecular flexibility index (Phi) is 4.27. The third-order valence-corrected chi connectivity index (χ3v) is 2.12. The van der Waals surface area contributed by atoms with Crippen LogP contribution in [0, 0.1) is 10.1 Å². The van der Waals surface area contributed by atoms with Gasteiger partial charge in [0.15, 0.2) is 0 Å². The fourth-order valence-electron chi connectivity index (χ4n) is 1.13. The first kappa shape index (κ1) is 11.7. The highest BCUT2D eigenvalue weighted by atomic mass is 35.5. The molecule has 5 heteroatoms. The summed E-state index contributed by atoms with van der Waals surface area (Å²) in [6.07, 6.45) is 1.33. The van der Waals surface area contributed by atoms with Crippen molar-refractivity contribution in [3.05, 3.63) is 51.6 Å². The Hall–Kier alpha value is -1.39. The van der Waals surface area contributed by atoms with E-state index in [1.54, 1.807) is 6.08 Å². The molecule has 0 spiro atoms. The molecule has 1 N–H and O–H groups in total. The molecule has 0 radical (unpaired) electrons. The van der Waals surface area contributed by atoms with Crippen molar-refractivity contribution in [3.8, 4) is 0 Å². The second kappa shape index (κ2) is 5.48. The monoisotopic (exact) mass is 227 g/mol. The minimum absolute atomic E-state index is 0.0128. The maximum atomic E-state index is 10.4. The van der Waals surface area contributed by atoms with Gasteiger partial charge in [0.25, 0.3) is 5.69 Å². The smallest absolute Gasteiger partial charge is 0.269 e. The summed E-state index contributed by atoms with van der Waals surface area (Å²) in [4.78, 5) is 9.89. The minimum Gasteiger partial charge on any atom is -0.388 e. The van der Waals surface area contributed by atoms with Crippen LogP contribution in [0.3, 0.4) is 0 Å². The number of hydrogen-bond donors (Lipinski definition) is 1. The van der Waals surface area contributed by atoms with Crippen LogP contribution in [-0.4, -0.2) is 10.0 Å².